The average molecular weight is 409 g/mol. The van der Waals surface area contributed by atoms with Gasteiger partial charge in [0.05, 0.1) is 0 Å². The van der Waals surface area contributed by atoms with Gasteiger partial charge in [0.1, 0.15) is 5.70 Å². The zero-order valence-electron chi connectivity index (χ0n) is 15.6. The largest absolute Gasteiger partial charge is 0.321 e. The van der Waals surface area contributed by atoms with Crippen molar-refractivity contribution in [3.8, 4) is 0 Å². The van der Waals surface area contributed by atoms with E-state index in [2.05, 4.69) is 10.6 Å². The maximum atomic E-state index is 12.9. The fourth-order valence-corrected chi connectivity index (χ4v) is 3.59. The Kier molecular flexibility index (Phi) is 6.68. The van der Waals surface area contributed by atoms with Gasteiger partial charge in [-0.15, -0.1) is 23.1 Å². The van der Waals surface area contributed by atoms with Crippen molar-refractivity contribution < 1.29 is 9.59 Å². The summed E-state index contributed by atoms with van der Waals surface area (Å²) in [4.78, 5) is 27.4. The van der Waals surface area contributed by atoms with Gasteiger partial charge in [-0.25, -0.2) is 0 Å². The highest BCUT2D eigenvalue weighted by Crippen LogP contribution is 2.20. The first-order valence-electron chi connectivity index (χ1n) is 8.64. The molecule has 0 bridgehead atoms. The molecule has 2 aromatic carbocycles. The first-order chi connectivity index (χ1) is 13.5. The van der Waals surface area contributed by atoms with Gasteiger partial charge in [-0.1, -0.05) is 29.8 Å². The Bertz CT molecular complexity index is 994. The fraction of sp³-hybridized carbons (Fsp3) is 0.0909. The first-order valence-corrected chi connectivity index (χ1v) is 10.7. The number of anilines is 1. The number of hydrogen-bond donors (Lipinski definition) is 2. The van der Waals surface area contributed by atoms with Crippen molar-refractivity contribution in [1.29, 1.82) is 0 Å². The standard InChI is InChI=1S/C22H20N2O2S2/c1-15-8-10-16(11-9-15)21(25)24-20(14-19-7-4-12-28-19)22(26)23-17-5-3-6-18(13-17)27-2/h3-14H,1-2H3,(H,23,26)(H,24,25)/b20-14-. The third-order valence-electron chi connectivity index (χ3n) is 3.96. The smallest absolute Gasteiger partial charge is 0.272 e. The molecule has 6 heteroatoms. The van der Waals surface area contributed by atoms with E-state index in [0.29, 0.717) is 11.3 Å². The van der Waals surface area contributed by atoms with Crippen molar-refractivity contribution in [3.63, 3.8) is 0 Å². The van der Waals surface area contributed by atoms with Crippen LogP contribution in [0.1, 0.15) is 20.8 Å². The van der Waals surface area contributed by atoms with E-state index in [1.54, 1.807) is 30.0 Å². The summed E-state index contributed by atoms with van der Waals surface area (Å²) < 4.78 is 0. The number of benzene rings is 2. The van der Waals surface area contributed by atoms with Crippen LogP contribution in [0.3, 0.4) is 0 Å². The lowest BCUT2D eigenvalue weighted by Gasteiger charge is -2.11. The molecule has 0 fully saturated rings. The van der Waals surface area contributed by atoms with Crippen LogP contribution >= 0.6 is 23.1 Å². The van der Waals surface area contributed by atoms with Crippen LogP contribution in [0.2, 0.25) is 0 Å². The minimum atomic E-state index is -0.368. The highest BCUT2D eigenvalue weighted by atomic mass is 32.2. The molecule has 0 spiro atoms. The maximum absolute atomic E-state index is 12.9. The predicted molar refractivity (Wildman–Crippen MR) is 118 cm³/mol. The lowest BCUT2D eigenvalue weighted by atomic mass is 10.1. The molecule has 28 heavy (non-hydrogen) atoms. The summed E-state index contributed by atoms with van der Waals surface area (Å²) in [5, 5.41) is 7.54. The number of hydrogen-bond acceptors (Lipinski definition) is 4. The molecule has 2 amide bonds. The van der Waals surface area contributed by atoms with E-state index in [-0.39, 0.29) is 17.5 Å². The predicted octanol–water partition coefficient (Wildman–Crippen LogP) is 5.19. The summed E-state index contributed by atoms with van der Waals surface area (Å²) in [6, 6.07) is 18.6. The van der Waals surface area contributed by atoms with Crippen LogP contribution in [0.4, 0.5) is 5.69 Å². The van der Waals surface area contributed by atoms with E-state index in [0.717, 1.165) is 15.3 Å². The Morgan fingerprint density at radius 1 is 1.04 bits per heavy atom. The second kappa shape index (κ2) is 9.39. The number of carbonyl (C=O) groups is 2. The molecule has 142 valence electrons. The minimum absolute atomic E-state index is 0.197. The normalized spacial score (nSPS) is 11.1. The topological polar surface area (TPSA) is 58.2 Å². The highest BCUT2D eigenvalue weighted by molar-refractivity contribution is 7.98. The van der Waals surface area contributed by atoms with Crippen LogP contribution in [-0.2, 0) is 4.79 Å². The molecule has 0 atom stereocenters. The Labute approximate surface area is 172 Å². The zero-order chi connectivity index (χ0) is 19.9. The molecule has 0 unspecified atom stereocenters. The van der Waals surface area contributed by atoms with Crippen molar-refractivity contribution in [2.45, 2.75) is 11.8 Å². The third-order valence-corrected chi connectivity index (χ3v) is 5.51. The van der Waals surface area contributed by atoms with Crippen LogP contribution in [0.5, 0.6) is 0 Å². The number of thiophene rings is 1. The lowest BCUT2D eigenvalue weighted by molar-refractivity contribution is -0.113. The number of rotatable bonds is 6. The molecule has 0 aliphatic carbocycles. The summed E-state index contributed by atoms with van der Waals surface area (Å²) >= 11 is 3.09. The van der Waals surface area contributed by atoms with Gasteiger partial charge in [0, 0.05) is 21.0 Å². The van der Waals surface area contributed by atoms with Gasteiger partial charge in [-0.3, -0.25) is 9.59 Å². The zero-order valence-corrected chi connectivity index (χ0v) is 17.2. The molecule has 3 rings (SSSR count). The Morgan fingerprint density at radius 2 is 1.82 bits per heavy atom. The number of aryl methyl sites for hydroxylation is 1. The van der Waals surface area contributed by atoms with Gasteiger partial charge < -0.3 is 10.6 Å². The minimum Gasteiger partial charge on any atom is -0.321 e. The van der Waals surface area contributed by atoms with Crippen molar-refractivity contribution in [2.24, 2.45) is 0 Å². The van der Waals surface area contributed by atoms with Gasteiger partial charge >= 0.3 is 0 Å². The van der Waals surface area contributed by atoms with Gasteiger partial charge in [-0.2, -0.15) is 0 Å². The van der Waals surface area contributed by atoms with E-state index in [9.17, 15) is 9.59 Å². The maximum Gasteiger partial charge on any atom is 0.272 e. The molecule has 3 aromatic rings. The van der Waals surface area contributed by atoms with Crippen molar-refractivity contribution in [3.05, 3.63) is 87.7 Å². The van der Waals surface area contributed by atoms with E-state index >= 15 is 0 Å². The molecule has 0 aliphatic rings. The van der Waals surface area contributed by atoms with Gasteiger partial charge in [-0.05, 0) is 61.0 Å². The second-order valence-corrected chi connectivity index (χ2v) is 7.94. The Morgan fingerprint density at radius 3 is 2.50 bits per heavy atom. The molecule has 1 heterocycles. The fourth-order valence-electron chi connectivity index (χ4n) is 2.47. The number of amides is 2. The quantitative estimate of drug-likeness (QED) is 0.436. The van der Waals surface area contributed by atoms with E-state index < -0.39 is 0 Å². The summed E-state index contributed by atoms with van der Waals surface area (Å²) in [6.45, 7) is 1.96. The van der Waals surface area contributed by atoms with Gasteiger partial charge in [0.2, 0.25) is 0 Å². The van der Waals surface area contributed by atoms with Crippen molar-refractivity contribution >= 4 is 46.7 Å². The molecule has 2 N–H and O–H groups in total. The lowest BCUT2D eigenvalue weighted by Crippen LogP contribution is -2.30. The number of carbonyl (C=O) groups excluding carboxylic acids is 2. The molecule has 1 aromatic heterocycles. The van der Waals surface area contributed by atoms with Crippen LogP contribution in [0, 0.1) is 6.92 Å². The summed E-state index contributed by atoms with van der Waals surface area (Å²) in [5.74, 6) is -0.692. The molecule has 0 saturated carbocycles. The van der Waals surface area contributed by atoms with Crippen LogP contribution in [0.15, 0.2) is 76.6 Å². The van der Waals surface area contributed by atoms with Crippen molar-refractivity contribution in [1.82, 2.24) is 5.32 Å². The highest BCUT2D eigenvalue weighted by Gasteiger charge is 2.15. The van der Waals surface area contributed by atoms with Crippen molar-refractivity contribution in [2.75, 3.05) is 11.6 Å². The monoisotopic (exact) mass is 408 g/mol. The Balaban J connectivity index is 1.83. The third kappa shape index (κ3) is 5.34. The molecule has 0 saturated heterocycles. The van der Waals surface area contributed by atoms with Crippen LogP contribution in [0.25, 0.3) is 6.08 Å². The van der Waals surface area contributed by atoms with Crippen LogP contribution in [-0.4, -0.2) is 18.1 Å². The van der Waals surface area contributed by atoms with E-state index in [1.807, 2.05) is 67.1 Å². The average Bonchev–Trinajstić information content (AvgIpc) is 3.21. The molecular formula is C22H20N2O2S2. The molecule has 4 nitrogen and oxygen atoms in total. The summed E-state index contributed by atoms with van der Waals surface area (Å²) in [7, 11) is 0. The van der Waals surface area contributed by atoms with Crippen LogP contribution < -0.4 is 10.6 Å². The SMILES string of the molecule is CSc1cccc(NC(=O)/C(=C/c2cccs2)NC(=O)c2ccc(C)cc2)c1. The molecule has 0 radical (unpaired) electrons. The first kappa shape index (κ1) is 19.9. The molecular weight excluding hydrogens is 388 g/mol. The summed E-state index contributed by atoms with van der Waals surface area (Å²) in [6.07, 6.45) is 3.66. The number of nitrogens with one attached hydrogen (secondary N) is 2. The van der Waals surface area contributed by atoms with E-state index in [1.165, 1.54) is 11.3 Å². The number of thioether (sulfide) groups is 1. The van der Waals surface area contributed by atoms with Gasteiger partial charge in [0.15, 0.2) is 0 Å². The molecule has 0 aliphatic heterocycles. The van der Waals surface area contributed by atoms with Gasteiger partial charge in [0.25, 0.3) is 11.8 Å². The Hall–Kier alpha value is -2.83. The van der Waals surface area contributed by atoms with E-state index in [4.69, 9.17) is 0 Å². The summed E-state index contributed by atoms with van der Waals surface area (Å²) in [5.41, 5.74) is 2.44. The second-order valence-electron chi connectivity index (χ2n) is 6.08.